The van der Waals surface area contributed by atoms with E-state index in [0.29, 0.717) is 5.54 Å². The second kappa shape index (κ2) is 5.87. The van der Waals surface area contributed by atoms with Crippen LogP contribution in [0.25, 0.3) is 0 Å². The van der Waals surface area contributed by atoms with Crippen LogP contribution in [0.2, 0.25) is 0 Å². The molecule has 0 radical (unpaired) electrons. The summed E-state index contributed by atoms with van der Waals surface area (Å²) in [6, 6.07) is 7.99. The molecule has 0 saturated heterocycles. The lowest BCUT2D eigenvalue weighted by molar-refractivity contribution is 0.165. The second-order valence-electron chi connectivity index (χ2n) is 4.72. The van der Waals surface area contributed by atoms with E-state index in [2.05, 4.69) is 28.2 Å². The molecule has 94 valence electrons. The molecule has 1 aliphatic rings. The number of hydrogen-bond donors (Lipinski definition) is 1. The highest BCUT2D eigenvalue weighted by molar-refractivity contribution is 9.10. The Balaban J connectivity index is 1.69. The van der Waals surface area contributed by atoms with Gasteiger partial charge in [-0.05, 0) is 43.9 Å². The van der Waals surface area contributed by atoms with Gasteiger partial charge >= 0.3 is 0 Å². The number of benzene rings is 1. The zero-order valence-corrected chi connectivity index (χ0v) is 11.9. The maximum Gasteiger partial charge on any atom is 0.120 e. The van der Waals surface area contributed by atoms with E-state index in [0.717, 1.165) is 23.4 Å². The van der Waals surface area contributed by atoms with Crippen LogP contribution in [-0.2, 0) is 0 Å². The summed E-state index contributed by atoms with van der Waals surface area (Å²) in [5, 5.41) is 3.63. The monoisotopic (exact) mass is 297 g/mol. The Kier molecular flexibility index (Phi) is 4.46. The Hall–Kier alpha value is -0.540. The average molecular weight is 298 g/mol. The van der Waals surface area contributed by atoms with E-state index in [1.165, 1.54) is 25.7 Å². The quantitative estimate of drug-likeness (QED) is 0.808. The van der Waals surface area contributed by atoms with Crippen LogP contribution in [0.4, 0.5) is 0 Å². The third-order valence-electron chi connectivity index (χ3n) is 3.65. The fourth-order valence-corrected chi connectivity index (χ4v) is 2.68. The van der Waals surface area contributed by atoms with Crippen molar-refractivity contribution in [3.05, 3.63) is 28.7 Å². The Bertz CT molecular complexity index is 357. The zero-order valence-electron chi connectivity index (χ0n) is 10.3. The van der Waals surface area contributed by atoms with Crippen LogP contribution in [0, 0.1) is 0 Å². The van der Waals surface area contributed by atoms with Crippen LogP contribution in [0.15, 0.2) is 28.7 Å². The van der Waals surface area contributed by atoms with E-state index in [1.807, 2.05) is 24.3 Å². The third-order valence-corrected chi connectivity index (χ3v) is 4.15. The van der Waals surface area contributed by atoms with Gasteiger partial charge in [-0.2, -0.15) is 0 Å². The molecule has 3 heteroatoms. The molecule has 0 amide bonds. The minimum atomic E-state index is 0.417. The Morgan fingerprint density at radius 1 is 1.41 bits per heavy atom. The summed E-state index contributed by atoms with van der Waals surface area (Å²) in [5.74, 6) is 0.931. The van der Waals surface area contributed by atoms with Gasteiger partial charge < -0.3 is 10.1 Å². The molecule has 1 N–H and O–H groups in total. The average Bonchev–Trinajstić information content (AvgIpc) is 2.27. The zero-order chi connectivity index (χ0) is 12.1. The van der Waals surface area contributed by atoms with E-state index in [1.54, 1.807) is 0 Å². The third kappa shape index (κ3) is 3.46. The summed E-state index contributed by atoms with van der Waals surface area (Å²) in [7, 11) is 0. The second-order valence-corrected chi connectivity index (χ2v) is 5.64. The van der Waals surface area contributed by atoms with Gasteiger partial charge in [-0.1, -0.05) is 28.9 Å². The molecule has 0 aliphatic heterocycles. The molecule has 0 unspecified atom stereocenters. The van der Waals surface area contributed by atoms with Crippen molar-refractivity contribution in [3.8, 4) is 5.75 Å². The first-order chi connectivity index (χ1) is 8.24. The van der Waals surface area contributed by atoms with Crippen molar-refractivity contribution < 1.29 is 4.74 Å². The molecule has 1 fully saturated rings. The van der Waals surface area contributed by atoms with E-state index >= 15 is 0 Å². The number of halogens is 1. The summed E-state index contributed by atoms with van der Waals surface area (Å²) < 4.78 is 6.76. The maximum atomic E-state index is 5.70. The van der Waals surface area contributed by atoms with Gasteiger partial charge in [-0.3, -0.25) is 0 Å². The van der Waals surface area contributed by atoms with Gasteiger partial charge in [-0.15, -0.1) is 0 Å². The SMILES string of the molecule is CCC1(NCCOc2cccc(Br)c2)CCC1. The van der Waals surface area contributed by atoms with Crippen LogP contribution < -0.4 is 10.1 Å². The minimum absolute atomic E-state index is 0.417. The smallest absolute Gasteiger partial charge is 0.120 e. The predicted molar refractivity (Wildman–Crippen MR) is 74.5 cm³/mol. The summed E-state index contributed by atoms with van der Waals surface area (Å²) in [6.45, 7) is 3.93. The van der Waals surface area contributed by atoms with Crippen LogP contribution in [0.3, 0.4) is 0 Å². The fraction of sp³-hybridized carbons (Fsp3) is 0.571. The number of rotatable bonds is 6. The van der Waals surface area contributed by atoms with Crippen molar-refractivity contribution >= 4 is 15.9 Å². The highest BCUT2D eigenvalue weighted by atomic mass is 79.9. The first kappa shape index (κ1) is 12.9. The van der Waals surface area contributed by atoms with Gasteiger partial charge in [0.2, 0.25) is 0 Å². The molecular formula is C14H20BrNO. The lowest BCUT2D eigenvalue weighted by atomic mass is 9.75. The Morgan fingerprint density at radius 3 is 2.82 bits per heavy atom. The summed E-state index contributed by atoms with van der Waals surface area (Å²) in [4.78, 5) is 0. The molecular weight excluding hydrogens is 278 g/mol. The summed E-state index contributed by atoms with van der Waals surface area (Å²) in [5.41, 5.74) is 0.417. The van der Waals surface area contributed by atoms with Crippen LogP contribution in [-0.4, -0.2) is 18.7 Å². The molecule has 0 aromatic heterocycles. The minimum Gasteiger partial charge on any atom is -0.492 e. The van der Waals surface area contributed by atoms with E-state index in [4.69, 9.17) is 4.74 Å². The van der Waals surface area contributed by atoms with Crippen molar-refractivity contribution in [1.82, 2.24) is 5.32 Å². The van der Waals surface area contributed by atoms with Crippen LogP contribution in [0.1, 0.15) is 32.6 Å². The first-order valence-electron chi connectivity index (χ1n) is 6.37. The number of nitrogens with one attached hydrogen (secondary N) is 1. The van der Waals surface area contributed by atoms with Gasteiger partial charge in [0, 0.05) is 16.6 Å². The van der Waals surface area contributed by atoms with Gasteiger partial charge in [-0.25, -0.2) is 0 Å². The molecule has 0 spiro atoms. The molecule has 0 bridgehead atoms. The molecule has 1 saturated carbocycles. The molecule has 0 atom stereocenters. The van der Waals surface area contributed by atoms with Crippen LogP contribution >= 0.6 is 15.9 Å². The Labute approximate surface area is 112 Å². The van der Waals surface area contributed by atoms with Crippen molar-refractivity contribution in [3.63, 3.8) is 0 Å². The maximum absolute atomic E-state index is 5.70. The van der Waals surface area contributed by atoms with E-state index < -0.39 is 0 Å². The highest BCUT2D eigenvalue weighted by Crippen LogP contribution is 2.34. The van der Waals surface area contributed by atoms with Gasteiger partial charge in [0.25, 0.3) is 0 Å². The molecule has 1 aliphatic carbocycles. The predicted octanol–water partition coefficient (Wildman–Crippen LogP) is 3.75. The fourth-order valence-electron chi connectivity index (χ4n) is 2.30. The van der Waals surface area contributed by atoms with Gasteiger partial charge in [0.15, 0.2) is 0 Å². The molecule has 1 aromatic carbocycles. The summed E-state index contributed by atoms with van der Waals surface area (Å²) >= 11 is 3.44. The van der Waals surface area contributed by atoms with E-state index in [-0.39, 0.29) is 0 Å². The normalized spacial score (nSPS) is 17.5. The molecule has 2 rings (SSSR count). The standard InChI is InChI=1S/C14H20BrNO/c1-2-14(7-4-8-14)16-9-10-17-13-6-3-5-12(15)11-13/h3,5-6,11,16H,2,4,7-10H2,1H3. The number of ether oxygens (including phenoxy) is 1. The molecule has 0 heterocycles. The molecule has 2 nitrogen and oxygen atoms in total. The first-order valence-corrected chi connectivity index (χ1v) is 7.17. The van der Waals surface area contributed by atoms with Crippen molar-refractivity contribution in [2.24, 2.45) is 0 Å². The number of hydrogen-bond acceptors (Lipinski definition) is 2. The largest absolute Gasteiger partial charge is 0.492 e. The lowest BCUT2D eigenvalue weighted by Gasteiger charge is -2.42. The van der Waals surface area contributed by atoms with Crippen LogP contribution in [0.5, 0.6) is 5.75 Å². The lowest BCUT2D eigenvalue weighted by Crippen LogP contribution is -2.51. The van der Waals surface area contributed by atoms with Gasteiger partial charge in [0.1, 0.15) is 12.4 Å². The van der Waals surface area contributed by atoms with E-state index in [9.17, 15) is 0 Å². The molecule has 17 heavy (non-hydrogen) atoms. The molecule has 1 aromatic rings. The highest BCUT2D eigenvalue weighted by Gasteiger charge is 2.33. The Morgan fingerprint density at radius 2 is 2.24 bits per heavy atom. The summed E-state index contributed by atoms with van der Waals surface area (Å²) in [6.07, 6.45) is 5.23. The van der Waals surface area contributed by atoms with Gasteiger partial charge in [0.05, 0.1) is 0 Å². The van der Waals surface area contributed by atoms with Crippen molar-refractivity contribution in [2.45, 2.75) is 38.1 Å². The van der Waals surface area contributed by atoms with Crippen molar-refractivity contribution in [1.29, 1.82) is 0 Å². The van der Waals surface area contributed by atoms with Crippen molar-refractivity contribution in [2.75, 3.05) is 13.2 Å². The topological polar surface area (TPSA) is 21.3 Å².